The number of thiophene rings is 1. The Morgan fingerprint density at radius 1 is 0.947 bits per heavy atom. The second kappa shape index (κ2) is 10.0. The number of benzene rings is 1. The normalized spacial score (nSPS) is 19.3. The number of aliphatic hydroxyl groups is 2. The number of ketones is 2. The van der Waals surface area contributed by atoms with Crippen molar-refractivity contribution in [2.45, 2.75) is 66.2 Å². The van der Waals surface area contributed by atoms with E-state index in [9.17, 15) is 29.9 Å². The number of nitrogens with zero attached hydrogens (tertiary/aromatic N) is 1. The first-order valence-electron chi connectivity index (χ1n) is 12.6. The Balaban J connectivity index is 1.94. The molecule has 1 aromatic carbocycles. The van der Waals surface area contributed by atoms with E-state index >= 15 is 0 Å². The molecule has 0 saturated heterocycles. The lowest BCUT2D eigenvalue weighted by Crippen LogP contribution is -2.33. The van der Waals surface area contributed by atoms with Crippen molar-refractivity contribution in [2.24, 2.45) is 10.8 Å². The summed E-state index contributed by atoms with van der Waals surface area (Å²) in [6.07, 6.45) is 0.737. The molecule has 4 rings (SSSR count). The van der Waals surface area contributed by atoms with Gasteiger partial charge in [0.05, 0.1) is 17.4 Å². The number of hydrogen-bond acceptors (Lipinski definition) is 8. The molecule has 0 amide bonds. The lowest BCUT2D eigenvalue weighted by molar-refractivity contribution is -0.383. The molecule has 0 spiro atoms. The van der Waals surface area contributed by atoms with Crippen molar-refractivity contribution < 1.29 is 29.5 Å². The van der Waals surface area contributed by atoms with E-state index in [1.54, 1.807) is 24.3 Å². The highest BCUT2D eigenvalue weighted by molar-refractivity contribution is 7.16. The predicted octanol–water partition coefficient (Wildman–Crippen LogP) is 7.21. The van der Waals surface area contributed by atoms with E-state index in [2.05, 4.69) is 0 Å². The molecular weight excluding hydrogens is 506 g/mol. The number of allylic oxidation sites excluding steroid dienone is 4. The minimum Gasteiger partial charge on any atom is -0.512 e. The van der Waals surface area contributed by atoms with Crippen LogP contribution in [0.15, 0.2) is 53.0 Å². The number of hydrogen-bond donors (Lipinski definition) is 2. The van der Waals surface area contributed by atoms with Gasteiger partial charge in [0.1, 0.15) is 22.1 Å². The van der Waals surface area contributed by atoms with Crippen molar-refractivity contribution in [3.05, 3.63) is 68.0 Å². The SMILES string of the molecule is CCOc1ccc(-c2sc(C(C3=C(O)CC(C)(C)CC3=O)C3=C(O)CC(C)(C)CC3=O)cc2[N+](=O)[O-])cc1. The molecule has 2 N–H and O–H groups in total. The van der Waals surface area contributed by atoms with Gasteiger partial charge in [0.15, 0.2) is 11.6 Å². The lowest BCUT2D eigenvalue weighted by atomic mass is 9.68. The van der Waals surface area contributed by atoms with Crippen molar-refractivity contribution in [1.82, 2.24) is 0 Å². The van der Waals surface area contributed by atoms with Crippen LogP contribution in [0.2, 0.25) is 0 Å². The van der Waals surface area contributed by atoms with E-state index in [-0.39, 0.29) is 65.6 Å². The zero-order chi connectivity index (χ0) is 28.0. The van der Waals surface area contributed by atoms with Crippen molar-refractivity contribution >= 4 is 28.6 Å². The second-order valence-electron chi connectivity index (χ2n) is 11.6. The smallest absolute Gasteiger partial charge is 0.288 e. The average molecular weight is 540 g/mol. The van der Waals surface area contributed by atoms with Gasteiger partial charge in [-0.2, -0.15) is 0 Å². The van der Waals surface area contributed by atoms with Crippen LogP contribution in [-0.2, 0) is 9.59 Å². The van der Waals surface area contributed by atoms with Crippen molar-refractivity contribution in [3.63, 3.8) is 0 Å². The average Bonchev–Trinajstić information content (AvgIpc) is 3.22. The number of nitro groups is 1. The zero-order valence-electron chi connectivity index (χ0n) is 22.3. The molecule has 0 saturated carbocycles. The molecule has 202 valence electrons. The van der Waals surface area contributed by atoms with E-state index in [0.29, 0.717) is 27.7 Å². The van der Waals surface area contributed by atoms with Gasteiger partial charge in [-0.25, -0.2) is 0 Å². The summed E-state index contributed by atoms with van der Waals surface area (Å²) in [6.45, 7) is 9.84. The van der Waals surface area contributed by atoms with E-state index in [1.807, 2.05) is 34.6 Å². The maximum absolute atomic E-state index is 13.4. The van der Waals surface area contributed by atoms with Gasteiger partial charge in [0.25, 0.3) is 5.69 Å². The molecule has 2 aliphatic rings. The molecule has 2 aliphatic carbocycles. The zero-order valence-corrected chi connectivity index (χ0v) is 23.1. The summed E-state index contributed by atoms with van der Waals surface area (Å²) in [5.74, 6) is -1.42. The quantitative estimate of drug-likeness (QED) is 0.281. The first-order valence-corrected chi connectivity index (χ1v) is 13.5. The third-order valence-electron chi connectivity index (χ3n) is 7.01. The summed E-state index contributed by atoms with van der Waals surface area (Å²) < 4.78 is 5.48. The molecule has 8 nitrogen and oxygen atoms in total. The maximum atomic E-state index is 13.4. The minimum absolute atomic E-state index is 0.0355. The third kappa shape index (κ3) is 5.38. The summed E-state index contributed by atoms with van der Waals surface area (Å²) >= 11 is 1.09. The van der Waals surface area contributed by atoms with Gasteiger partial charge in [0.2, 0.25) is 0 Å². The number of carbonyl (C=O) groups is 2. The van der Waals surface area contributed by atoms with Crippen molar-refractivity contribution in [2.75, 3.05) is 6.61 Å². The molecule has 1 aromatic heterocycles. The Bertz CT molecular complexity index is 1310. The molecule has 0 aliphatic heterocycles. The van der Waals surface area contributed by atoms with Gasteiger partial charge in [-0.3, -0.25) is 19.7 Å². The van der Waals surface area contributed by atoms with E-state index in [1.165, 1.54) is 6.07 Å². The lowest BCUT2D eigenvalue weighted by Gasteiger charge is -2.36. The largest absolute Gasteiger partial charge is 0.512 e. The van der Waals surface area contributed by atoms with Crippen molar-refractivity contribution in [3.8, 4) is 16.2 Å². The van der Waals surface area contributed by atoms with Crippen LogP contribution in [0.3, 0.4) is 0 Å². The predicted molar refractivity (Wildman–Crippen MR) is 146 cm³/mol. The fraction of sp³-hybridized carbons (Fsp3) is 0.448. The van der Waals surface area contributed by atoms with Crippen LogP contribution in [0.1, 0.15) is 71.1 Å². The van der Waals surface area contributed by atoms with E-state index in [0.717, 1.165) is 11.3 Å². The fourth-order valence-electron chi connectivity index (χ4n) is 5.44. The maximum Gasteiger partial charge on any atom is 0.288 e. The summed E-state index contributed by atoms with van der Waals surface area (Å²) in [7, 11) is 0. The van der Waals surface area contributed by atoms with Crippen LogP contribution < -0.4 is 4.74 Å². The van der Waals surface area contributed by atoms with Gasteiger partial charge < -0.3 is 14.9 Å². The molecule has 1 heterocycles. The highest BCUT2D eigenvalue weighted by Gasteiger charge is 2.45. The van der Waals surface area contributed by atoms with E-state index in [4.69, 9.17) is 4.74 Å². The molecule has 0 radical (unpaired) electrons. The fourth-order valence-corrected chi connectivity index (χ4v) is 6.69. The molecular formula is C29H33NO7S. The molecule has 38 heavy (non-hydrogen) atoms. The first kappa shape index (κ1) is 27.6. The van der Waals surface area contributed by atoms with Gasteiger partial charge in [-0.1, -0.05) is 27.7 Å². The second-order valence-corrected chi connectivity index (χ2v) is 12.7. The number of rotatable bonds is 7. The Morgan fingerprint density at radius 3 is 1.87 bits per heavy atom. The van der Waals surface area contributed by atoms with Crippen LogP contribution in [0.25, 0.3) is 10.4 Å². The highest BCUT2D eigenvalue weighted by atomic mass is 32.1. The number of ether oxygens (including phenoxy) is 1. The van der Waals surface area contributed by atoms with E-state index < -0.39 is 21.7 Å². The summed E-state index contributed by atoms with van der Waals surface area (Å²) in [5.41, 5.74) is -0.468. The highest BCUT2D eigenvalue weighted by Crippen LogP contribution is 2.51. The van der Waals surface area contributed by atoms with Crippen LogP contribution in [-0.4, -0.2) is 33.3 Å². The topological polar surface area (TPSA) is 127 Å². The standard InChI is InChI=1S/C29H33NO7S/c1-6-37-17-9-7-16(8-10-17)27-18(30(35)36)11-23(38-27)26(24-19(31)12-28(2,3)13-20(24)32)25-21(33)14-29(4,5)15-22(25)34/h7-11,26,31,33H,6,12-15H2,1-5H3. The van der Waals surface area contributed by atoms with Crippen LogP contribution >= 0.6 is 11.3 Å². The van der Waals surface area contributed by atoms with Crippen LogP contribution in [0.4, 0.5) is 5.69 Å². The van der Waals surface area contributed by atoms with Crippen molar-refractivity contribution in [1.29, 1.82) is 0 Å². The van der Waals surface area contributed by atoms with Gasteiger partial charge in [0, 0.05) is 47.8 Å². The molecule has 0 atom stereocenters. The van der Waals surface area contributed by atoms with Crippen LogP contribution in [0.5, 0.6) is 5.75 Å². The Hall–Kier alpha value is -3.46. The van der Waals surface area contributed by atoms with Crippen LogP contribution in [0, 0.1) is 20.9 Å². The molecule has 0 bridgehead atoms. The minimum atomic E-state index is -1.10. The third-order valence-corrected chi connectivity index (χ3v) is 8.25. The van der Waals surface area contributed by atoms with Gasteiger partial charge >= 0.3 is 0 Å². The summed E-state index contributed by atoms with van der Waals surface area (Å²) in [4.78, 5) is 39.2. The van der Waals surface area contributed by atoms with Gasteiger partial charge in [-0.05, 0) is 47.6 Å². The summed E-state index contributed by atoms with van der Waals surface area (Å²) in [6, 6.07) is 8.25. The summed E-state index contributed by atoms with van der Waals surface area (Å²) in [5, 5.41) is 34.3. The Labute approximate surface area is 225 Å². The Morgan fingerprint density at radius 2 is 1.45 bits per heavy atom. The molecule has 2 aromatic rings. The molecule has 9 heteroatoms. The van der Waals surface area contributed by atoms with Gasteiger partial charge in [-0.15, -0.1) is 11.3 Å². The first-order chi connectivity index (χ1) is 17.7. The Kier molecular flexibility index (Phi) is 7.27. The number of aliphatic hydroxyl groups excluding tert-OH is 2. The number of carbonyl (C=O) groups excluding carboxylic acids is 2. The molecule has 0 fully saturated rings. The number of Topliss-reactive ketones (excluding diaryl/α,β-unsaturated/α-hetero) is 2. The monoisotopic (exact) mass is 539 g/mol. The molecule has 0 unspecified atom stereocenters.